The van der Waals surface area contributed by atoms with Gasteiger partial charge in [-0.05, 0) is 30.0 Å². The van der Waals surface area contributed by atoms with Crippen molar-refractivity contribution in [2.24, 2.45) is 5.92 Å². The Balaban J connectivity index is 2.33. The van der Waals surface area contributed by atoms with Crippen LogP contribution in [0.4, 0.5) is 17.6 Å². The second kappa shape index (κ2) is 3.57. The molecule has 5 heteroatoms. The molecule has 0 aromatic heterocycles. The highest BCUT2D eigenvalue weighted by atomic mass is 19.4. The smallest absolute Gasteiger partial charge is 0.291 e. The second-order valence-electron chi connectivity index (χ2n) is 3.80. The lowest BCUT2D eigenvalue weighted by Gasteiger charge is -2.09. The zero-order valence-electron chi connectivity index (χ0n) is 8.01. The molecule has 0 heterocycles. The van der Waals surface area contributed by atoms with Crippen LogP contribution in [0.3, 0.4) is 0 Å². The maximum Gasteiger partial charge on any atom is 0.419 e. The van der Waals surface area contributed by atoms with Crippen LogP contribution in [-0.4, -0.2) is 6.29 Å². The van der Waals surface area contributed by atoms with Crippen molar-refractivity contribution < 1.29 is 22.4 Å². The van der Waals surface area contributed by atoms with Gasteiger partial charge in [-0.25, -0.2) is 4.39 Å². The third-order valence-electron chi connectivity index (χ3n) is 2.67. The first-order chi connectivity index (χ1) is 7.43. The van der Waals surface area contributed by atoms with Gasteiger partial charge in [0, 0.05) is 5.92 Å². The Morgan fingerprint density at radius 3 is 2.50 bits per heavy atom. The molecule has 0 N–H and O–H groups in total. The first kappa shape index (κ1) is 11.1. The van der Waals surface area contributed by atoms with Crippen molar-refractivity contribution in [2.45, 2.75) is 18.5 Å². The van der Waals surface area contributed by atoms with Gasteiger partial charge in [0.2, 0.25) is 6.29 Å². The van der Waals surface area contributed by atoms with E-state index in [9.17, 15) is 22.4 Å². The number of hydrogen-bond donors (Lipinski definition) is 0. The van der Waals surface area contributed by atoms with Gasteiger partial charge in [0.25, 0.3) is 0 Å². The predicted molar refractivity (Wildman–Crippen MR) is 47.9 cm³/mol. The Morgan fingerprint density at radius 1 is 1.31 bits per heavy atom. The molecule has 1 nitrogen and oxygen atoms in total. The summed E-state index contributed by atoms with van der Waals surface area (Å²) in [7, 11) is 0. The van der Waals surface area contributed by atoms with Crippen molar-refractivity contribution in [3.8, 4) is 0 Å². The summed E-state index contributed by atoms with van der Waals surface area (Å²) < 4.78 is 50.1. The van der Waals surface area contributed by atoms with Crippen molar-refractivity contribution in [1.82, 2.24) is 0 Å². The van der Waals surface area contributed by atoms with Crippen LogP contribution in [0.1, 0.15) is 23.5 Å². The summed E-state index contributed by atoms with van der Waals surface area (Å²) in [5.41, 5.74) is -0.927. The molecule has 1 aromatic carbocycles. The lowest BCUT2D eigenvalue weighted by atomic mass is 10.1. The molecular weight excluding hydrogens is 224 g/mol. The molecule has 0 amide bonds. The number of alkyl halides is 3. The van der Waals surface area contributed by atoms with Crippen LogP contribution >= 0.6 is 0 Å². The standard InChI is InChI=1S/C11H7F4O/c12-10-2-1-6(8-3-7(8)5-16)4-9(10)11(13,14)15/h1-2,4,7-8H,3H2. The summed E-state index contributed by atoms with van der Waals surface area (Å²) in [6.07, 6.45) is -2.47. The van der Waals surface area contributed by atoms with E-state index in [0.717, 1.165) is 12.1 Å². The molecular formula is C11H7F4O. The van der Waals surface area contributed by atoms with Crippen LogP contribution in [0.2, 0.25) is 0 Å². The minimum Gasteiger partial charge on any atom is -0.291 e. The van der Waals surface area contributed by atoms with Gasteiger partial charge in [0.1, 0.15) is 5.82 Å². The minimum absolute atomic E-state index is 0.237. The molecule has 2 rings (SSSR count). The molecule has 0 bridgehead atoms. The molecule has 2 unspecified atom stereocenters. The Hall–Kier alpha value is -1.39. The molecule has 1 fully saturated rings. The zero-order valence-corrected chi connectivity index (χ0v) is 8.01. The molecule has 0 saturated heterocycles. The number of halogens is 4. The third kappa shape index (κ3) is 1.94. The fourth-order valence-electron chi connectivity index (χ4n) is 1.68. The highest BCUT2D eigenvalue weighted by molar-refractivity contribution is 5.62. The molecule has 85 valence electrons. The number of rotatable bonds is 2. The summed E-state index contributed by atoms with van der Waals surface area (Å²) >= 11 is 0. The quantitative estimate of drug-likeness (QED) is 0.715. The van der Waals surface area contributed by atoms with E-state index in [0.29, 0.717) is 12.0 Å². The van der Waals surface area contributed by atoms with Crippen LogP contribution < -0.4 is 0 Å². The Kier molecular flexibility index (Phi) is 2.48. The van der Waals surface area contributed by atoms with E-state index in [1.807, 2.05) is 0 Å². The largest absolute Gasteiger partial charge is 0.419 e. The highest BCUT2D eigenvalue weighted by Crippen LogP contribution is 2.47. The molecule has 1 aliphatic rings. The van der Waals surface area contributed by atoms with E-state index in [4.69, 9.17) is 0 Å². The summed E-state index contributed by atoms with van der Waals surface area (Å²) in [5, 5.41) is 0. The van der Waals surface area contributed by atoms with Crippen molar-refractivity contribution in [3.63, 3.8) is 0 Å². The molecule has 1 saturated carbocycles. The summed E-state index contributed by atoms with van der Waals surface area (Å²) in [6, 6.07) is 2.85. The molecule has 1 radical (unpaired) electrons. The van der Waals surface area contributed by atoms with Crippen LogP contribution in [0.5, 0.6) is 0 Å². The Morgan fingerprint density at radius 2 is 2.00 bits per heavy atom. The first-order valence-corrected chi connectivity index (χ1v) is 4.68. The topological polar surface area (TPSA) is 17.1 Å². The van der Waals surface area contributed by atoms with E-state index in [1.165, 1.54) is 6.07 Å². The fourth-order valence-corrected chi connectivity index (χ4v) is 1.68. The van der Waals surface area contributed by atoms with Crippen molar-refractivity contribution in [3.05, 3.63) is 35.1 Å². The summed E-state index contributed by atoms with van der Waals surface area (Å²) in [6.45, 7) is 0. The molecule has 1 aliphatic carbocycles. The highest BCUT2D eigenvalue weighted by Gasteiger charge is 2.41. The van der Waals surface area contributed by atoms with E-state index in [1.54, 1.807) is 6.29 Å². The van der Waals surface area contributed by atoms with Gasteiger partial charge in [-0.3, -0.25) is 4.79 Å². The van der Waals surface area contributed by atoms with Crippen molar-refractivity contribution in [2.75, 3.05) is 0 Å². The maximum atomic E-state index is 12.9. The van der Waals surface area contributed by atoms with Crippen molar-refractivity contribution >= 4 is 6.29 Å². The van der Waals surface area contributed by atoms with E-state index in [2.05, 4.69) is 0 Å². The molecule has 16 heavy (non-hydrogen) atoms. The summed E-state index contributed by atoms with van der Waals surface area (Å²) in [5.74, 6) is -1.87. The van der Waals surface area contributed by atoms with E-state index >= 15 is 0 Å². The Bertz CT molecular complexity index is 424. The van der Waals surface area contributed by atoms with Crippen LogP contribution in [0.15, 0.2) is 18.2 Å². The van der Waals surface area contributed by atoms with Crippen LogP contribution in [0, 0.1) is 11.7 Å². The fraction of sp³-hybridized carbons (Fsp3) is 0.364. The van der Waals surface area contributed by atoms with E-state index in [-0.39, 0.29) is 11.8 Å². The van der Waals surface area contributed by atoms with Gasteiger partial charge < -0.3 is 0 Å². The number of carbonyl (C=O) groups excluding carboxylic acids is 1. The Labute approximate surface area is 89.1 Å². The van der Waals surface area contributed by atoms with Gasteiger partial charge in [-0.2, -0.15) is 13.2 Å². The van der Waals surface area contributed by atoms with Gasteiger partial charge in [-0.1, -0.05) is 6.07 Å². The predicted octanol–water partition coefficient (Wildman–Crippen LogP) is 3.06. The molecule has 0 spiro atoms. The van der Waals surface area contributed by atoms with Gasteiger partial charge in [0.05, 0.1) is 5.56 Å². The lowest BCUT2D eigenvalue weighted by Crippen LogP contribution is -2.08. The second-order valence-corrected chi connectivity index (χ2v) is 3.80. The minimum atomic E-state index is -4.70. The molecule has 2 atom stereocenters. The maximum absolute atomic E-state index is 12.9. The monoisotopic (exact) mass is 231 g/mol. The average Bonchev–Trinajstić information content (AvgIpc) is 2.96. The molecule has 0 aliphatic heterocycles. The van der Waals surface area contributed by atoms with E-state index < -0.39 is 17.6 Å². The first-order valence-electron chi connectivity index (χ1n) is 4.68. The van der Waals surface area contributed by atoms with Crippen LogP contribution in [0.25, 0.3) is 0 Å². The number of hydrogen-bond acceptors (Lipinski definition) is 1. The molecule has 1 aromatic rings. The van der Waals surface area contributed by atoms with Gasteiger partial charge >= 0.3 is 6.18 Å². The van der Waals surface area contributed by atoms with Crippen molar-refractivity contribution in [1.29, 1.82) is 0 Å². The average molecular weight is 231 g/mol. The SMILES string of the molecule is O=[C]C1CC1c1ccc(F)c(C(F)(F)F)c1. The van der Waals surface area contributed by atoms with Gasteiger partial charge in [0.15, 0.2) is 0 Å². The third-order valence-corrected chi connectivity index (χ3v) is 2.67. The normalized spacial score (nSPS) is 24.2. The lowest BCUT2D eigenvalue weighted by molar-refractivity contribution is -0.140. The summed E-state index contributed by atoms with van der Waals surface area (Å²) in [4.78, 5) is 10.3. The van der Waals surface area contributed by atoms with Gasteiger partial charge in [-0.15, -0.1) is 0 Å². The zero-order chi connectivity index (χ0) is 11.9. The number of benzene rings is 1. The van der Waals surface area contributed by atoms with Crippen LogP contribution in [-0.2, 0) is 11.0 Å².